The Hall–Kier alpha value is -0.390. The summed E-state index contributed by atoms with van der Waals surface area (Å²) in [6.07, 6.45) is 0. The van der Waals surface area contributed by atoms with Gasteiger partial charge in [0.2, 0.25) is 0 Å². The standard InChI is InChI=1S/C13H16N2S3/c1-9-2-3-11-12(6-9)15(13(16)14-11)7-10-8-17-4-5-18-10/h2-3,6,10H,4-5,7-8H2,1H3,(H,14,16). The van der Waals surface area contributed by atoms with Crippen LogP contribution in [0.25, 0.3) is 11.0 Å². The predicted molar refractivity (Wildman–Crippen MR) is 85.4 cm³/mol. The number of fused-ring (bicyclic) bond motifs is 1. The fourth-order valence-corrected chi connectivity index (χ4v) is 5.23. The van der Waals surface area contributed by atoms with Crippen molar-refractivity contribution in [2.24, 2.45) is 0 Å². The SMILES string of the molecule is Cc1ccc2[nH]c(=S)n(CC3CSCCS3)c2c1. The Balaban J connectivity index is 1.97. The third-order valence-electron chi connectivity index (χ3n) is 3.20. The second-order valence-electron chi connectivity index (χ2n) is 4.63. The van der Waals surface area contributed by atoms with Crippen molar-refractivity contribution in [1.82, 2.24) is 9.55 Å². The molecule has 0 saturated carbocycles. The van der Waals surface area contributed by atoms with Gasteiger partial charge < -0.3 is 9.55 Å². The molecule has 2 nitrogen and oxygen atoms in total. The Bertz CT molecular complexity index is 608. The third kappa shape index (κ3) is 2.49. The Morgan fingerprint density at radius 1 is 1.44 bits per heavy atom. The van der Waals surface area contributed by atoms with E-state index in [0.717, 1.165) is 16.8 Å². The molecular weight excluding hydrogens is 280 g/mol. The summed E-state index contributed by atoms with van der Waals surface area (Å²) in [4.78, 5) is 3.31. The Labute approximate surface area is 121 Å². The van der Waals surface area contributed by atoms with Gasteiger partial charge in [-0.25, -0.2) is 0 Å². The minimum absolute atomic E-state index is 0.690. The Morgan fingerprint density at radius 3 is 3.11 bits per heavy atom. The summed E-state index contributed by atoms with van der Waals surface area (Å²) < 4.78 is 3.12. The van der Waals surface area contributed by atoms with E-state index in [1.165, 1.54) is 28.3 Å². The van der Waals surface area contributed by atoms with Crippen LogP contribution in [0.15, 0.2) is 18.2 Å². The predicted octanol–water partition coefficient (Wildman–Crippen LogP) is 3.86. The molecular formula is C13H16N2S3. The molecule has 1 saturated heterocycles. The van der Waals surface area contributed by atoms with E-state index in [-0.39, 0.29) is 0 Å². The largest absolute Gasteiger partial charge is 0.331 e. The Morgan fingerprint density at radius 2 is 2.33 bits per heavy atom. The van der Waals surface area contributed by atoms with E-state index in [4.69, 9.17) is 12.2 Å². The molecule has 18 heavy (non-hydrogen) atoms. The number of H-pyrrole nitrogens is 1. The van der Waals surface area contributed by atoms with Crippen LogP contribution in [0.3, 0.4) is 0 Å². The average Bonchev–Trinajstić information content (AvgIpc) is 2.67. The van der Waals surface area contributed by atoms with Crippen molar-refractivity contribution in [3.8, 4) is 0 Å². The summed E-state index contributed by atoms with van der Waals surface area (Å²) >= 11 is 9.60. The maximum absolute atomic E-state index is 5.46. The van der Waals surface area contributed by atoms with Gasteiger partial charge in [0.25, 0.3) is 0 Å². The number of hydrogen-bond acceptors (Lipinski definition) is 3. The maximum atomic E-state index is 5.46. The minimum atomic E-state index is 0.690. The summed E-state index contributed by atoms with van der Waals surface area (Å²) in [5.74, 6) is 3.80. The normalized spacial score (nSPS) is 20.4. The number of aromatic nitrogens is 2. The monoisotopic (exact) mass is 296 g/mol. The first-order valence-electron chi connectivity index (χ1n) is 6.12. The van der Waals surface area contributed by atoms with E-state index in [1.54, 1.807) is 0 Å². The lowest BCUT2D eigenvalue weighted by atomic mass is 10.2. The number of benzene rings is 1. The molecule has 1 aromatic carbocycles. The quantitative estimate of drug-likeness (QED) is 0.850. The second-order valence-corrected chi connectivity index (χ2v) is 7.57. The van der Waals surface area contributed by atoms with E-state index in [9.17, 15) is 0 Å². The molecule has 2 aromatic rings. The fraction of sp³-hybridized carbons (Fsp3) is 0.462. The third-order valence-corrected chi connectivity index (χ3v) is 6.35. The van der Waals surface area contributed by atoms with E-state index in [1.807, 2.05) is 0 Å². The smallest absolute Gasteiger partial charge is 0.178 e. The number of aromatic amines is 1. The van der Waals surface area contributed by atoms with E-state index in [0.29, 0.717) is 5.25 Å². The lowest BCUT2D eigenvalue weighted by Crippen LogP contribution is -2.20. The second kappa shape index (κ2) is 5.31. The van der Waals surface area contributed by atoms with Gasteiger partial charge in [0.15, 0.2) is 4.77 Å². The van der Waals surface area contributed by atoms with E-state index < -0.39 is 0 Å². The van der Waals surface area contributed by atoms with Crippen molar-refractivity contribution in [2.75, 3.05) is 17.3 Å². The van der Waals surface area contributed by atoms with Gasteiger partial charge in [0.05, 0.1) is 11.0 Å². The molecule has 2 heterocycles. The first kappa shape index (κ1) is 12.6. The van der Waals surface area contributed by atoms with Gasteiger partial charge in [-0.05, 0) is 36.8 Å². The van der Waals surface area contributed by atoms with Gasteiger partial charge in [-0.1, -0.05) is 6.07 Å². The van der Waals surface area contributed by atoms with Gasteiger partial charge in [-0.2, -0.15) is 23.5 Å². The average molecular weight is 296 g/mol. The summed E-state index contributed by atoms with van der Waals surface area (Å²) in [7, 11) is 0. The number of rotatable bonds is 2. The highest BCUT2D eigenvalue weighted by molar-refractivity contribution is 8.06. The first-order chi connectivity index (χ1) is 8.74. The highest BCUT2D eigenvalue weighted by atomic mass is 32.2. The topological polar surface area (TPSA) is 20.7 Å². The highest BCUT2D eigenvalue weighted by Crippen LogP contribution is 2.27. The van der Waals surface area contributed by atoms with Crippen molar-refractivity contribution in [1.29, 1.82) is 0 Å². The molecule has 0 radical (unpaired) electrons. The van der Waals surface area contributed by atoms with Gasteiger partial charge >= 0.3 is 0 Å². The van der Waals surface area contributed by atoms with E-state index >= 15 is 0 Å². The molecule has 0 aliphatic carbocycles. The number of aryl methyl sites for hydroxylation is 1. The summed E-state index contributed by atoms with van der Waals surface area (Å²) in [5, 5.41) is 0.690. The molecule has 0 bridgehead atoms. The molecule has 1 atom stereocenters. The summed E-state index contributed by atoms with van der Waals surface area (Å²) in [5.41, 5.74) is 3.69. The van der Waals surface area contributed by atoms with Crippen LogP contribution >= 0.6 is 35.7 Å². The molecule has 1 N–H and O–H groups in total. The van der Waals surface area contributed by atoms with Gasteiger partial charge in [-0.3, -0.25) is 0 Å². The number of imidazole rings is 1. The van der Waals surface area contributed by atoms with Crippen LogP contribution in [0.5, 0.6) is 0 Å². The van der Waals surface area contributed by atoms with Crippen LogP contribution in [-0.2, 0) is 6.54 Å². The molecule has 3 rings (SSSR count). The van der Waals surface area contributed by atoms with Crippen molar-refractivity contribution < 1.29 is 0 Å². The number of thioether (sulfide) groups is 2. The van der Waals surface area contributed by atoms with Crippen molar-refractivity contribution in [2.45, 2.75) is 18.7 Å². The van der Waals surface area contributed by atoms with Gasteiger partial charge in [-0.15, -0.1) is 0 Å². The summed E-state index contributed by atoms with van der Waals surface area (Å²) in [6.45, 7) is 3.16. The molecule has 5 heteroatoms. The van der Waals surface area contributed by atoms with Crippen molar-refractivity contribution >= 4 is 46.8 Å². The zero-order valence-corrected chi connectivity index (χ0v) is 12.8. The first-order valence-corrected chi connectivity index (χ1v) is 8.74. The van der Waals surface area contributed by atoms with Crippen LogP contribution in [0.1, 0.15) is 5.56 Å². The van der Waals surface area contributed by atoms with Gasteiger partial charge in [0, 0.05) is 29.1 Å². The molecule has 0 spiro atoms. The van der Waals surface area contributed by atoms with Crippen LogP contribution < -0.4 is 0 Å². The molecule has 96 valence electrons. The van der Waals surface area contributed by atoms with Gasteiger partial charge in [0.1, 0.15) is 0 Å². The van der Waals surface area contributed by atoms with E-state index in [2.05, 4.69) is 58.2 Å². The molecule has 1 fully saturated rings. The molecule has 1 unspecified atom stereocenters. The van der Waals surface area contributed by atoms with Crippen LogP contribution in [0.4, 0.5) is 0 Å². The maximum Gasteiger partial charge on any atom is 0.178 e. The summed E-state index contributed by atoms with van der Waals surface area (Å²) in [6, 6.07) is 6.48. The molecule has 1 aliphatic rings. The molecule has 0 amide bonds. The number of hydrogen-bond donors (Lipinski definition) is 1. The number of nitrogens with zero attached hydrogens (tertiary/aromatic N) is 1. The van der Waals surface area contributed by atoms with Crippen LogP contribution in [-0.4, -0.2) is 32.1 Å². The lowest BCUT2D eigenvalue weighted by Gasteiger charge is -2.21. The zero-order valence-electron chi connectivity index (χ0n) is 10.3. The minimum Gasteiger partial charge on any atom is -0.331 e. The molecule has 1 aliphatic heterocycles. The van der Waals surface area contributed by atoms with Crippen LogP contribution in [0.2, 0.25) is 0 Å². The van der Waals surface area contributed by atoms with Crippen molar-refractivity contribution in [3.05, 3.63) is 28.5 Å². The molecule has 1 aromatic heterocycles. The number of nitrogens with one attached hydrogen (secondary N) is 1. The van der Waals surface area contributed by atoms with Crippen molar-refractivity contribution in [3.63, 3.8) is 0 Å². The Kier molecular flexibility index (Phi) is 3.73. The highest BCUT2D eigenvalue weighted by Gasteiger charge is 2.16. The van der Waals surface area contributed by atoms with Crippen LogP contribution in [0, 0.1) is 11.7 Å². The fourth-order valence-electron chi connectivity index (χ4n) is 2.29. The zero-order chi connectivity index (χ0) is 12.5. The lowest BCUT2D eigenvalue weighted by molar-refractivity contribution is 0.705.